The van der Waals surface area contributed by atoms with Crippen LogP contribution in [0, 0.1) is 0 Å². The first-order valence-corrected chi connectivity index (χ1v) is 9.56. The van der Waals surface area contributed by atoms with Crippen molar-refractivity contribution in [1.29, 1.82) is 0 Å². The van der Waals surface area contributed by atoms with Crippen LogP contribution in [0.4, 0.5) is 0 Å². The zero-order valence-electron chi connectivity index (χ0n) is 15.5. The van der Waals surface area contributed by atoms with Crippen LogP contribution in [0.5, 0.6) is 0 Å². The maximum Gasteiger partial charge on any atom is 0.274 e. The Balaban J connectivity index is 1.53. The van der Waals surface area contributed by atoms with Crippen molar-refractivity contribution in [1.82, 2.24) is 20.1 Å². The van der Waals surface area contributed by atoms with Gasteiger partial charge in [-0.1, -0.05) is 36.4 Å². The predicted molar refractivity (Wildman–Crippen MR) is 106 cm³/mol. The predicted octanol–water partition coefficient (Wildman–Crippen LogP) is 3.12. The highest BCUT2D eigenvalue weighted by molar-refractivity contribution is 5.92. The van der Waals surface area contributed by atoms with E-state index in [-0.39, 0.29) is 23.2 Å². The molecule has 6 nitrogen and oxygen atoms in total. The highest BCUT2D eigenvalue weighted by atomic mass is 16.2. The molecule has 0 radical (unpaired) electrons. The van der Waals surface area contributed by atoms with Crippen molar-refractivity contribution in [2.45, 2.75) is 31.7 Å². The summed E-state index contributed by atoms with van der Waals surface area (Å²) in [6.45, 7) is 0.677. The van der Waals surface area contributed by atoms with Gasteiger partial charge in [-0.15, -0.1) is 0 Å². The molecule has 1 aromatic carbocycles. The number of benzene rings is 1. The Morgan fingerprint density at radius 1 is 1.07 bits per heavy atom. The summed E-state index contributed by atoms with van der Waals surface area (Å²) < 4.78 is 0. The molecular formula is C22H22N4O2. The number of hydrogen-bond donors (Lipinski definition) is 1. The van der Waals surface area contributed by atoms with Gasteiger partial charge in [0.1, 0.15) is 5.69 Å². The number of nitrogens with one attached hydrogen (secondary N) is 1. The molecule has 28 heavy (non-hydrogen) atoms. The lowest BCUT2D eigenvalue weighted by atomic mass is 9.95. The third-order valence-electron chi connectivity index (χ3n) is 5.12. The number of hydrogen-bond acceptors (Lipinski definition) is 4. The molecule has 1 N–H and O–H groups in total. The van der Waals surface area contributed by atoms with Crippen molar-refractivity contribution in [3.63, 3.8) is 0 Å². The van der Waals surface area contributed by atoms with Crippen molar-refractivity contribution in [3.8, 4) is 0 Å². The standard InChI is InChI=1S/C22H22N4O2/c27-21-12-11-19(24-25-21)22(28)26-13-5-4-8-20(26)17-9-10-18(23-15-17)14-16-6-2-1-3-7-16/h1-3,6-7,9-12,15,20H,4-5,8,13-14H2,(H,25,27). The lowest BCUT2D eigenvalue weighted by Crippen LogP contribution is -2.39. The third kappa shape index (κ3) is 4.01. The Morgan fingerprint density at radius 3 is 2.64 bits per heavy atom. The molecule has 3 aromatic rings. The van der Waals surface area contributed by atoms with Crippen LogP contribution in [0.2, 0.25) is 0 Å². The van der Waals surface area contributed by atoms with Gasteiger partial charge in [-0.25, -0.2) is 5.10 Å². The number of pyridine rings is 1. The van der Waals surface area contributed by atoms with Crippen LogP contribution in [0.1, 0.15) is 52.6 Å². The molecule has 1 aliphatic heterocycles. The van der Waals surface area contributed by atoms with Gasteiger partial charge in [0.25, 0.3) is 11.5 Å². The minimum atomic E-state index is -0.315. The van der Waals surface area contributed by atoms with Crippen molar-refractivity contribution in [3.05, 3.63) is 93.7 Å². The van der Waals surface area contributed by atoms with Crippen LogP contribution in [0.25, 0.3) is 0 Å². The van der Waals surface area contributed by atoms with E-state index in [0.29, 0.717) is 6.54 Å². The molecule has 6 heteroatoms. The van der Waals surface area contributed by atoms with Crippen molar-refractivity contribution < 1.29 is 4.79 Å². The van der Waals surface area contributed by atoms with E-state index in [0.717, 1.165) is 36.9 Å². The summed E-state index contributed by atoms with van der Waals surface area (Å²) in [5.41, 5.74) is 3.21. The average Bonchev–Trinajstić information content (AvgIpc) is 2.75. The summed E-state index contributed by atoms with van der Waals surface area (Å²) in [5, 5.41) is 6.24. The van der Waals surface area contributed by atoms with Crippen LogP contribution >= 0.6 is 0 Å². The molecule has 142 valence electrons. The maximum absolute atomic E-state index is 12.9. The number of carbonyl (C=O) groups is 1. The van der Waals surface area contributed by atoms with Crippen LogP contribution in [0.15, 0.2) is 65.6 Å². The quantitative estimate of drug-likeness (QED) is 0.761. The van der Waals surface area contributed by atoms with Crippen molar-refractivity contribution in [2.75, 3.05) is 6.54 Å². The van der Waals surface area contributed by atoms with Gasteiger partial charge in [0, 0.05) is 30.9 Å². The Labute approximate surface area is 163 Å². The zero-order chi connectivity index (χ0) is 19.3. The minimum absolute atomic E-state index is 0.0201. The first-order chi connectivity index (χ1) is 13.7. The van der Waals surface area contributed by atoms with Gasteiger partial charge in [-0.2, -0.15) is 5.10 Å². The Morgan fingerprint density at radius 2 is 1.93 bits per heavy atom. The van der Waals surface area contributed by atoms with E-state index in [4.69, 9.17) is 0 Å². The molecule has 0 spiro atoms. The van der Waals surface area contributed by atoms with E-state index in [2.05, 4.69) is 33.4 Å². The highest BCUT2D eigenvalue weighted by Crippen LogP contribution is 2.31. The molecule has 0 bridgehead atoms. The molecule has 2 aromatic heterocycles. The summed E-state index contributed by atoms with van der Waals surface area (Å²) in [4.78, 5) is 30.6. The molecule has 1 fully saturated rings. The average molecular weight is 374 g/mol. The molecule has 4 rings (SSSR count). The van der Waals surface area contributed by atoms with E-state index in [1.54, 1.807) is 0 Å². The Kier molecular flexibility index (Phi) is 5.28. The second-order valence-electron chi connectivity index (χ2n) is 7.06. The smallest absolute Gasteiger partial charge is 0.274 e. The number of rotatable bonds is 4. The highest BCUT2D eigenvalue weighted by Gasteiger charge is 2.29. The summed E-state index contributed by atoms with van der Waals surface area (Å²) >= 11 is 0. The van der Waals surface area contributed by atoms with Crippen molar-refractivity contribution in [2.24, 2.45) is 0 Å². The minimum Gasteiger partial charge on any atom is -0.330 e. The summed E-state index contributed by atoms with van der Waals surface area (Å²) in [6, 6.07) is 17.1. The van der Waals surface area contributed by atoms with Gasteiger partial charge < -0.3 is 4.90 Å². The first kappa shape index (κ1) is 18.1. The lowest BCUT2D eigenvalue weighted by molar-refractivity contribution is 0.0603. The summed E-state index contributed by atoms with van der Waals surface area (Å²) in [5.74, 6) is -0.158. The summed E-state index contributed by atoms with van der Waals surface area (Å²) in [7, 11) is 0. The van der Waals surface area contributed by atoms with Gasteiger partial charge in [-0.3, -0.25) is 14.6 Å². The van der Waals surface area contributed by atoms with E-state index in [9.17, 15) is 9.59 Å². The van der Waals surface area contributed by atoms with Gasteiger partial charge in [-0.05, 0) is 42.5 Å². The van der Waals surface area contributed by atoms with Gasteiger partial charge in [0.2, 0.25) is 0 Å². The number of piperidine rings is 1. The molecule has 0 aliphatic carbocycles. The number of aromatic nitrogens is 3. The second-order valence-corrected chi connectivity index (χ2v) is 7.06. The van der Waals surface area contributed by atoms with Crippen molar-refractivity contribution >= 4 is 5.91 Å². The Hall–Kier alpha value is -3.28. The third-order valence-corrected chi connectivity index (χ3v) is 5.12. The van der Waals surface area contributed by atoms with E-state index in [1.807, 2.05) is 35.4 Å². The molecule has 0 saturated carbocycles. The van der Waals surface area contributed by atoms with Gasteiger partial charge in [0.05, 0.1) is 6.04 Å². The first-order valence-electron chi connectivity index (χ1n) is 9.56. The number of carbonyl (C=O) groups excluding carboxylic acids is 1. The SMILES string of the molecule is O=C(c1ccc(=O)[nH]n1)N1CCCCC1c1ccc(Cc2ccccc2)nc1. The molecular weight excluding hydrogens is 352 g/mol. The molecule has 1 aliphatic rings. The van der Waals surface area contributed by atoms with Crippen LogP contribution in [-0.4, -0.2) is 32.5 Å². The topological polar surface area (TPSA) is 79.0 Å². The van der Waals surface area contributed by atoms with Gasteiger partial charge in [0.15, 0.2) is 0 Å². The van der Waals surface area contributed by atoms with Gasteiger partial charge >= 0.3 is 0 Å². The fourth-order valence-corrected chi connectivity index (χ4v) is 3.67. The fraction of sp³-hybridized carbons (Fsp3) is 0.273. The van der Waals surface area contributed by atoms with Crippen LogP contribution in [0.3, 0.4) is 0 Å². The number of nitrogens with zero attached hydrogens (tertiary/aromatic N) is 3. The lowest BCUT2D eigenvalue weighted by Gasteiger charge is -2.35. The summed E-state index contributed by atoms with van der Waals surface area (Å²) in [6.07, 6.45) is 5.60. The maximum atomic E-state index is 12.9. The molecule has 3 heterocycles. The van der Waals surface area contributed by atoms with E-state index in [1.165, 1.54) is 17.7 Å². The normalized spacial score (nSPS) is 16.7. The van der Waals surface area contributed by atoms with Crippen LogP contribution < -0.4 is 5.56 Å². The zero-order valence-corrected chi connectivity index (χ0v) is 15.5. The fourth-order valence-electron chi connectivity index (χ4n) is 3.67. The van der Waals surface area contributed by atoms with E-state index < -0.39 is 0 Å². The van der Waals surface area contributed by atoms with Crippen LogP contribution in [-0.2, 0) is 6.42 Å². The molecule has 1 unspecified atom stereocenters. The number of amides is 1. The molecule has 1 amide bonds. The largest absolute Gasteiger partial charge is 0.330 e. The number of likely N-dealkylation sites (tertiary alicyclic amines) is 1. The Bertz CT molecular complexity index is 979. The number of aromatic amines is 1. The molecule has 1 saturated heterocycles. The monoisotopic (exact) mass is 374 g/mol. The molecule has 1 atom stereocenters. The second kappa shape index (κ2) is 8.17. The van der Waals surface area contributed by atoms with E-state index >= 15 is 0 Å². The number of H-pyrrole nitrogens is 1.